The molecular formula is C74H111N17O21. The summed E-state index contributed by atoms with van der Waals surface area (Å²) in [5.41, 5.74) is 2.38. The number of benzene rings is 1. The predicted octanol–water partition coefficient (Wildman–Crippen LogP) is -4.26. The Labute approximate surface area is 650 Å². The van der Waals surface area contributed by atoms with Crippen molar-refractivity contribution >= 4 is 83.1 Å². The van der Waals surface area contributed by atoms with E-state index in [1.165, 1.54) is 19.3 Å². The topological polar surface area (TPSA) is 507 Å². The van der Waals surface area contributed by atoms with Crippen molar-refractivity contribution in [2.45, 2.75) is 95.8 Å². The number of likely N-dealkylation sites (tertiary alicyclic amines) is 1. The Hall–Kier alpha value is -9.85. The van der Waals surface area contributed by atoms with Gasteiger partial charge in [0, 0.05) is 161 Å². The van der Waals surface area contributed by atoms with Crippen molar-refractivity contribution in [3.8, 4) is 11.8 Å². The maximum absolute atomic E-state index is 14.1. The molecule has 6 rings (SSSR count). The predicted molar refractivity (Wildman–Crippen MR) is 403 cm³/mol. The van der Waals surface area contributed by atoms with E-state index in [-0.39, 0.29) is 143 Å². The summed E-state index contributed by atoms with van der Waals surface area (Å²) in [7, 11) is 0. The van der Waals surface area contributed by atoms with Crippen molar-refractivity contribution in [1.82, 2.24) is 86.3 Å². The fourth-order valence-corrected chi connectivity index (χ4v) is 13.7. The van der Waals surface area contributed by atoms with E-state index in [0.717, 1.165) is 37.9 Å². The first-order chi connectivity index (χ1) is 53.4. The lowest BCUT2D eigenvalue weighted by Gasteiger charge is -2.35. The van der Waals surface area contributed by atoms with Gasteiger partial charge < -0.3 is 77.9 Å². The van der Waals surface area contributed by atoms with Crippen LogP contribution >= 0.6 is 0 Å². The molecule has 0 radical (unpaired) electrons. The van der Waals surface area contributed by atoms with Gasteiger partial charge in [-0.2, -0.15) is 0 Å². The molecule has 1 aromatic heterocycles. The standard InChI is InChI=1S/C74H111N17O21/c1-51(89-33-29-85(47-67(101)102)25-21-83(45-65(97)98)22-26-86(30-34-89)48-68(103)104)71(109)79-42-61(92)78-41-60(81-62(93)43-80-72(110)52(2)90-35-31-87(49-69(105)106)27-23-84(46-66(99)100)24-28-88(32-36-90)50-70(107)108)74(112)77-17-3-5-53-7-9-54(10-8-53)11-12-56-37-58(40-76-39-56)59(38-64(95)96)82-73(111)57-6-4-20-91(44-57)63(94)14-13-55-15-18-75-19-16-55/h7-10,37,39-40,51-52,55,57,59-60,75H,3-6,13-36,38,41-50H2,1-2H3,(H,77,112)(H,78,92)(H,79,109)(H,80,110)(H,81,93)(H,82,111)(H,95,96)(H,97,98)(H,99,100)(H,101,102)(H,103,104)(H,105,106)(H,107,108)/t51?,52?,57-,59+,60+/m1/s1. The fourth-order valence-electron chi connectivity index (χ4n) is 13.7. The van der Waals surface area contributed by atoms with Gasteiger partial charge in [-0.15, -0.1) is 0 Å². The van der Waals surface area contributed by atoms with Crippen molar-refractivity contribution in [2.75, 3.05) is 196 Å². The third-order valence-electron chi connectivity index (χ3n) is 20.2. The summed E-state index contributed by atoms with van der Waals surface area (Å²) in [6.45, 7) is 3.70. The van der Waals surface area contributed by atoms with Crippen LogP contribution in [0.25, 0.3) is 0 Å². The van der Waals surface area contributed by atoms with E-state index in [2.05, 4.69) is 54.0 Å². The van der Waals surface area contributed by atoms with Crippen LogP contribution in [0.3, 0.4) is 0 Å². The molecule has 4 aliphatic heterocycles. The lowest BCUT2D eigenvalue weighted by molar-refractivity contribution is -0.141. The SMILES string of the molecule is CC(C(=O)NCC(=O)NC[C@H](NC(=O)CNC(=O)C(C)N1CCN(CC(=O)O)CCN(CC(=O)O)CCN(CC(=O)O)CC1)C(=O)NCCCc1ccc(C#Cc2cncc([C@H](CC(=O)O)NC(=O)[C@@H]3CCCN(C(=O)CCC4CCNCC4)C3)c2)cc1)N1CCN(CC(=O)O)CCN(CC(=O)O)CCN(CC(=O)O)CC1. The smallest absolute Gasteiger partial charge is 0.317 e. The summed E-state index contributed by atoms with van der Waals surface area (Å²) in [6, 6.07) is 4.58. The van der Waals surface area contributed by atoms with Crippen LogP contribution in [-0.4, -0.2) is 382 Å². The van der Waals surface area contributed by atoms with Gasteiger partial charge in [0.25, 0.3) is 0 Å². The van der Waals surface area contributed by atoms with Gasteiger partial charge in [-0.05, 0) is 107 Å². The van der Waals surface area contributed by atoms with E-state index in [1.54, 1.807) is 69.2 Å². The summed E-state index contributed by atoms with van der Waals surface area (Å²) < 4.78 is 0. The Bertz CT molecular complexity index is 3510. The van der Waals surface area contributed by atoms with E-state index < -0.39 is 154 Å². The van der Waals surface area contributed by atoms with E-state index >= 15 is 0 Å². The first-order valence-electron chi connectivity index (χ1n) is 38.0. The van der Waals surface area contributed by atoms with Crippen LogP contribution in [0.1, 0.15) is 93.5 Å². The number of aliphatic carboxylic acids is 7. The minimum absolute atomic E-state index is 0.0218. The third kappa shape index (κ3) is 34.8. The minimum atomic E-state index is -1.47. The van der Waals surface area contributed by atoms with Crippen molar-refractivity contribution in [2.24, 2.45) is 11.8 Å². The second kappa shape index (κ2) is 48.2. The molecule has 0 spiro atoms. The largest absolute Gasteiger partial charge is 0.481 e. The summed E-state index contributed by atoms with van der Waals surface area (Å²) >= 11 is 0. The number of aryl methyl sites for hydroxylation is 1. The van der Waals surface area contributed by atoms with Gasteiger partial charge in [0.2, 0.25) is 41.4 Å². The average Bonchev–Trinajstić information content (AvgIpc) is 0.838. The van der Waals surface area contributed by atoms with Gasteiger partial charge >= 0.3 is 41.8 Å². The number of nitrogens with one attached hydrogen (secondary N) is 7. The van der Waals surface area contributed by atoms with Crippen molar-refractivity contribution in [3.05, 3.63) is 65.0 Å². The number of carboxylic acids is 7. The minimum Gasteiger partial charge on any atom is -0.481 e. The highest BCUT2D eigenvalue weighted by atomic mass is 16.4. The highest BCUT2D eigenvalue weighted by Gasteiger charge is 2.33. The number of aromatic nitrogens is 1. The Morgan fingerprint density at radius 1 is 0.500 bits per heavy atom. The number of hydrogen-bond acceptors (Lipinski definition) is 24. The molecule has 0 bridgehead atoms. The number of pyridine rings is 1. The quantitative estimate of drug-likeness (QED) is 0.0227. The molecule has 4 fully saturated rings. The van der Waals surface area contributed by atoms with Gasteiger partial charge in [-0.25, -0.2) is 0 Å². The number of carbonyl (C=O) groups excluding carboxylic acids is 7. The zero-order chi connectivity index (χ0) is 81.7. The summed E-state index contributed by atoms with van der Waals surface area (Å²) in [5, 5.41) is 87.1. The molecular weight excluding hydrogens is 1460 g/mol. The number of amides is 7. The molecule has 5 heterocycles. The summed E-state index contributed by atoms with van der Waals surface area (Å²) in [5.74, 6) is -5.83. The zero-order valence-electron chi connectivity index (χ0n) is 63.9. The number of rotatable bonds is 36. The van der Waals surface area contributed by atoms with Gasteiger partial charge in [-0.3, -0.25) is 111 Å². The molecule has 2 unspecified atom stereocenters. The number of carboxylic acid groups (broad SMARTS) is 7. The molecule has 4 saturated heterocycles. The van der Waals surface area contributed by atoms with Crippen LogP contribution in [0, 0.1) is 23.7 Å². The van der Waals surface area contributed by atoms with Crippen molar-refractivity contribution in [3.63, 3.8) is 0 Å². The lowest BCUT2D eigenvalue weighted by Crippen LogP contribution is -2.56. The number of nitrogens with zero attached hydrogens (tertiary/aromatic N) is 10. The highest BCUT2D eigenvalue weighted by molar-refractivity contribution is 5.92. The maximum atomic E-state index is 14.1. The van der Waals surface area contributed by atoms with E-state index in [9.17, 15) is 103 Å². The molecule has 14 N–H and O–H groups in total. The number of carbonyl (C=O) groups is 14. The van der Waals surface area contributed by atoms with Crippen LogP contribution in [-0.2, 0) is 73.5 Å². The second-order valence-electron chi connectivity index (χ2n) is 28.7. The molecule has 38 heteroatoms. The van der Waals surface area contributed by atoms with Crippen LogP contribution in [0.2, 0.25) is 0 Å². The fraction of sp³-hybridized carbons (Fsp3) is 0.635. The van der Waals surface area contributed by atoms with Gasteiger partial charge in [0.1, 0.15) is 6.04 Å². The monoisotopic (exact) mass is 1570 g/mol. The Balaban J connectivity index is 1.09. The van der Waals surface area contributed by atoms with Gasteiger partial charge in [-0.1, -0.05) is 24.0 Å². The maximum Gasteiger partial charge on any atom is 0.317 e. The zero-order valence-corrected chi connectivity index (χ0v) is 63.9. The first-order valence-corrected chi connectivity index (χ1v) is 38.0. The van der Waals surface area contributed by atoms with Crippen LogP contribution in [0.15, 0.2) is 42.7 Å². The number of hydrogen-bond donors (Lipinski definition) is 14. The molecule has 112 heavy (non-hydrogen) atoms. The lowest BCUT2D eigenvalue weighted by atomic mass is 9.92. The molecule has 0 aliphatic carbocycles. The molecule has 2 aromatic rings. The Morgan fingerprint density at radius 3 is 1.40 bits per heavy atom. The van der Waals surface area contributed by atoms with E-state index in [0.29, 0.717) is 61.3 Å². The van der Waals surface area contributed by atoms with Crippen molar-refractivity contribution < 1.29 is 103 Å². The Kier molecular flexibility index (Phi) is 39.1. The molecule has 38 nitrogen and oxygen atoms in total. The van der Waals surface area contributed by atoms with E-state index in [4.69, 9.17) is 0 Å². The highest BCUT2D eigenvalue weighted by Crippen LogP contribution is 2.25. The van der Waals surface area contributed by atoms with E-state index in [1.807, 2.05) is 12.1 Å². The van der Waals surface area contributed by atoms with Crippen LogP contribution < -0.4 is 37.2 Å². The summed E-state index contributed by atoms with van der Waals surface area (Å²) in [4.78, 5) is 198. The van der Waals surface area contributed by atoms with Gasteiger partial charge in [0.05, 0.1) is 82.8 Å². The number of piperidine rings is 2. The normalized spacial score (nSPS) is 18.9. The molecule has 1 aromatic carbocycles. The second-order valence-corrected chi connectivity index (χ2v) is 28.7. The molecule has 618 valence electrons. The third-order valence-corrected chi connectivity index (χ3v) is 20.2. The summed E-state index contributed by atoms with van der Waals surface area (Å²) in [6.07, 6.45) is 7.90. The average molecular weight is 1570 g/mol. The molecule has 5 atom stereocenters. The molecule has 0 saturated carbocycles. The molecule has 4 aliphatic rings. The van der Waals surface area contributed by atoms with Crippen molar-refractivity contribution in [1.29, 1.82) is 0 Å². The van der Waals surface area contributed by atoms with Crippen LogP contribution in [0.5, 0.6) is 0 Å². The first kappa shape index (κ1) is 91.0. The molecule has 7 amide bonds. The van der Waals surface area contributed by atoms with Gasteiger partial charge in [0.15, 0.2) is 0 Å². The van der Waals surface area contributed by atoms with Crippen LogP contribution in [0.4, 0.5) is 0 Å². The Morgan fingerprint density at radius 2 is 0.946 bits per heavy atom.